The van der Waals surface area contributed by atoms with Crippen molar-refractivity contribution in [3.63, 3.8) is 0 Å². The Morgan fingerprint density at radius 3 is 2.18 bits per heavy atom. The van der Waals surface area contributed by atoms with Crippen molar-refractivity contribution in [1.29, 1.82) is 0 Å². The summed E-state index contributed by atoms with van der Waals surface area (Å²) >= 11 is 3.84. The van der Waals surface area contributed by atoms with Gasteiger partial charge < -0.3 is 9.47 Å². The van der Waals surface area contributed by atoms with Gasteiger partial charge in [0.2, 0.25) is 0 Å². The van der Waals surface area contributed by atoms with Crippen LogP contribution in [0.25, 0.3) is 0 Å². The average molecular weight is 451 g/mol. The molecule has 1 aliphatic carbocycles. The van der Waals surface area contributed by atoms with Crippen LogP contribution in [0.4, 0.5) is 0 Å². The van der Waals surface area contributed by atoms with E-state index in [-0.39, 0.29) is 5.97 Å². The molecular weight excluding hydrogens is 416 g/mol. The first-order valence-corrected chi connectivity index (χ1v) is 11.6. The molecule has 0 spiro atoms. The van der Waals surface area contributed by atoms with Crippen LogP contribution in [0.3, 0.4) is 0 Å². The van der Waals surface area contributed by atoms with Crippen LogP contribution in [0.2, 0.25) is 0 Å². The summed E-state index contributed by atoms with van der Waals surface area (Å²) < 4.78 is 12.1. The van der Waals surface area contributed by atoms with Crippen molar-refractivity contribution in [2.45, 2.75) is 83.5 Å². The molecule has 3 nitrogen and oxygen atoms in total. The first kappa shape index (κ1) is 23.0. The molecule has 0 bridgehead atoms. The first-order chi connectivity index (χ1) is 13.7. The number of ether oxygens (including phenoxy) is 2. The topological polar surface area (TPSA) is 35.5 Å². The molecule has 0 saturated carbocycles. The van der Waals surface area contributed by atoms with Crippen molar-refractivity contribution in [1.82, 2.24) is 0 Å². The summed E-state index contributed by atoms with van der Waals surface area (Å²) in [6, 6.07) is 8.27. The van der Waals surface area contributed by atoms with Gasteiger partial charge in [-0.15, -0.1) is 0 Å². The van der Waals surface area contributed by atoms with Crippen molar-refractivity contribution < 1.29 is 14.3 Å². The van der Waals surface area contributed by atoms with E-state index < -0.39 is 0 Å². The second-order valence-corrected chi connectivity index (χ2v) is 8.66. The van der Waals surface area contributed by atoms with Crippen molar-refractivity contribution in [2.75, 3.05) is 13.7 Å². The molecule has 0 heterocycles. The number of esters is 1. The van der Waals surface area contributed by atoms with Gasteiger partial charge in [0.05, 0.1) is 7.11 Å². The average Bonchev–Trinajstić information content (AvgIpc) is 2.71. The molecule has 0 saturated heterocycles. The smallest absolute Gasteiger partial charge is 0.305 e. The van der Waals surface area contributed by atoms with E-state index in [1.54, 1.807) is 0 Å². The highest BCUT2D eigenvalue weighted by Crippen LogP contribution is 2.26. The van der Waals surface area contributed by atoms with E-state index in [0.29, 0.717) is 13.0 Å². The third-order valence-electron chi connectivity index (χ3n) is 5.42. The van der Waals surface area contributed by atoms with Crippen LogP contribution in [-0.4, -0.2) is 19.7 Å². The minimum Gasteiger partial charge on any atom is -0.489 e. The highest BCUT2D eigenvalue weighted by molar-refractivity contribution is 9.11. The van der Waals surface area contributed by atoms with E-state index in [0.717, 1.165) is 31.4 Å². The summed E-state index contributed by atoms with van der Waals surface area (Å²) in [4.78, 5) is 11.2. The van der Waals surface area contributed by atoms with E-state index >= 15 is 0 Å². The van der Waals surface area contributed by atoms with E-state index in [1.165, 1.54) is 74.1 Å². The summed E-state index contributed by atoms with van der Waals surface area (Å²) in [7, 11) is 1.44. The highest BCUT2D eigenvalue weighted by atomic mass is 79.9. The van der Waals surface area contributed by atoms with Crippen LogP contribution >= 0.6 is 15.9 Å². The molecule has 4 heteroatoms. The zero-order valence-corrected chi connectivity index (χ0v) is 18.9. The standard InChI is InChI=1S/C24H35BrO3/c1-27-24(26)14-10-11-20-15-17-22(18-16-20)28-19-21-12-8-6-4-2-3-5-7-9-13-23(21)25/h15-18H,2-14,19H2,1H3. The number of rotatable bonds is 7. The number of halogens is 1. The van der Waals surface area contributed by atoms with Gasteiger partial charge in [0.25, 0.3) is 0 Å². The minimum absolute atomic E-state index is 0.143. The fraction of sp³-hybridized carbons (Fsp3) is 0.625. The molecule has 0 unspecified atom stereocenters. The Morgan fingerprint density at radius 1 is 0.929 bits per heavy atom. The second kappa shape index (κ2) is 13.8. The van der Waals surface area contributed by atoms with Crippen LogP contribution < -0.4 is 4.74 Å². The van der Waals surface area contributed by atoms with Gasteiger partial charge >= 0.3 is 5.97 Å². The number of benzene rings is 1. The van der Waals surface area contributed by atoms with Gasteiger partial charge in [0.15, 0.2) is 0 Å². The first-order valence-electron chi connectivity index (χ1n) is 10.8. The van der Waals surface area contributed by atoms with Gasteiger partial charge in [-0.05, 0) is 66.3 Å². The van der Waals surface area contributed by atoms with Gasteiger partial charge in [-0.3, -0.25) is 4.79 Å². The summed E-state index contributed by atoms with van der Waals surface area (Å²) in [5.41, 5.74) is 2.64. The third kappa shape index (κ3) is 9.27. The predicted molar refractivity (Wildman–Crippen MR) is 119 cm³/mol. The summed E-state index contributed by atoms with van der Waals surface area (Å²) in [6.07, 6.45) is 15.1. The molecule has 0 atom stereocenters. The molecule has 1 aromatic rings. The number of hydrogen-bond acceptors (Lipinski definition) is 3. The Bertz CT molecular complexity index is 607. The largest absolute Gasteiger partial charge is 0.489 e. The molecule has 1 aromatic carbocycles. The Kier molecular flexibility index (Phi) is 11.3. The molecule has 0 aliphatic heterocycles. The molecule has 0 N–H and O–H groups in total. The van der Waals surface area contributed by atoms with Gasteiger partial charge in [-0.25, -0.2) is 0 Å². The fourth-order valence-corrected chi connectivity index (χ4v) is 4.20. The van der Waals surface area contributed by atoms with Gasteiger partial charge in [0.1, 0.15) is 12.4 Å². The van der Waals surface area contributed by atoms with E-state index in [9.17, 15) is 4.79 Å². The van der Waals surface area contributed by atoms with Crippen LogP contribution in [-0.2, 0) is 16.0 Å². The molecule has 28 heavy (non-hydrogen) atoms. The lowest BCUT2D eigenvalue weighted by molar-refractivity contribution is -0.140. The SMILES string of the molecule is COC(=O)CCCc1ccc(OCC2=C(Br)CCCCCCCCCC2)cc1. The van der Waals surface area contributed by atoms with Crippen molar-refractivity contribution in [2.24, 2.45) is 0 Å². The van der Waals surface area contributed by atoms with E-state index in [1.807, 2.05) is 12.1 Å². The van der Waals surface area contributed by atoms with Crippen LogP contribution in [0.1, 0.15) is 82.6 Å². The Hall–Kier alpha value is -1.29. The molecule has 0 amide bonds. The molecule has 0 aromatic heterocycles. The Balaban J connectivity index is 1.83. The van der Waals surface area contributed by atoms with E-state index in [2.05, 4.69) is 32.8 Å². The predicted octanol–water partition coefficient (Wildman–Crippen LogP) is 7.12. The zero-order valence-electron chi connectivity index (χ0n) is 17.3. The maximum atomic E-state index is 11.2. The summed E-state index contributed by atoms with van der Waals surface area (Å²) in [5, 5.41) is 0. The van der Waals surface area contributed by atoms with Crippen molar-refractivity contribution in [3.8, 4) is 5.75 Å². The molecule has 0 fully saturated rings. The lowest BCUT2D eigenvalue weighted by Crippen LogP contribution is -2.04. The minimum atomic E-state index is -0.143. The maximum Gasteiger partial charge on any atom is 0.305 e. The lowest BCUT2D eigenvalue weighted by Gasteiger charge is -2.14. The summed E-state index contributed by atoms with van der Waals surface area (Å²) in [6.45, 7) is 0.669. The van der Waals surface area contributed by atoms with Gasteiger partial charge in [-0.2, -0.15) is 0 Å². The third-order valence-corrected chi connectivity index (χ3v) is 6.38. The number of carbonyl (C=O) groups is 1. The highest BCUT2D eigenvalue weighted by Gasteiger charge is 2.08. The zero-order chi connectivity index (χ0) is 20.0. The van der Waals surface area contributed by atoms with Crippen LogP contribution in [0.5, 0.6) is 5.75 Å². The Labute approximate surface area is 179 Å². The van der Waals surface area contributed by atoms with E-state index in [4.69, 9.17) is 4.74 Å². The van der Waals surface area contributed by atoms with Crippen LogP contribution in [0, 0.1) is 0 Å². The monoisotopic (exact) mass is 450 g/mol. The second-order valence-electron chi connectivity index (χ2n) is 7.70. The molecule has 1 aliphatic rings. The molecule has 2 rings (SSSR count). The Morgan fingerprint density at radius 2 is 1.54 bits per heavy atom. The van der Waals surface area contributed by atoms with Gasteiger partial charge in [0, 0.05) is 6.42 Å². The lowest BCUT2D eigenvalue weighted by atomic mass is 10.0. The number of carbonyl (C=O) groups excluding carboxylic acids is 1. The molecule has 0 radical (unpaired) electrons. The normalized spacial score (nSPS) is 16.8. The molecule has 156 valence electrons. The fourth-order valence-electron chi connectivity index (χ4n) is 3.60. The number of methoxy groups -OCH3 is 1. The van der Waals surface area contributed by atoms with Gasteiger partial charge in [-0.1, -0.05) is 66.6 Å². The summed E-state index contributed by atoms with van der Waals surface area (Å²) in [5.74, 6) is 0.770. The number of hydrogen-bond donors (Lipinski definition) is 0. The van der Waals surface area contributed by atoms with Crippen LogP contribution in [0.15, 0.2) is 34.3 Å². The number of allylic oxidation sites excluding steroid dienone is 1. The van der Waals surface area contributed by atoms with Crippen molar-refractivity contribution >= 4 is 21.9 Å². The molecular formula is C24H35BrO3. The number of aryl methyl sites for hydroxylation is 1. The quantitative estimate of drug-likeness (QED) is 0.414. The van der Waals surface area contributed by atoms with Crippen molar-refractivity contribution in [3.05, 3.63) is 39.9 Å². The maximum absolute atomic E-state index is 11.2.